The van der Waals surface area contributed by atoms with Crippen molar-refractivity contribution < 1.29 is 26.5 Å². The topological polar surface area (TPSA) is 88.6 Å². The molecule has 29 rings (SSSR count). The van der Waals surface area contributed by atoms with Crippen molar-refractivity contribution in [3.05, 3.63) is 439 Å². The van der Waals surface area contributed by atoms with Gasteiger partial charge in [0.15, 0.2) is 16.7 Å². The van der Waals surface area contributed by atoms with Crippen molar-refractivity contribution in [2.45, 2.75) is 77.0 Å². The quantitative estimate of drug-likeness (QED) is 0.112. The first-order chi connectivity index (χ1) is 68.0. The van der Waals surface area contributed by atoms with Crippen LogP contribution in [0.25, 0.3) is 198 Å². The molecule has 4 aliphatic rings. The van der Waals surface area contributed by atoms with E-state index in [1.165, 1.54) is 77.6 Å². The summed E-state index contributed by atoms with van der Waals surface area (Å²) in [5.74, 6) is 0. The Morgan fingerprint density at radius 1 is 0.180 bits per heavy atom. The molecular weight excluding hydrogens is 1700 g/mol. The van der Waals surface area contributed by atoms with Crippen LogP contribution in [0.3, 0.4) is 0 Å². The molecule has 139 heavy (non-hydrogen) atoms. The van der Waals surface area contributed by atoms with Gasteiger partial charge in [0, 0.05) is 126 Å². The molecular formula is C130H89N3O6. The molecule has 6 heterocycles. The molecule has 25 aromatic rings. The Labute approximate surface area is 801 Å². The fraction of sp³-hybridized carbons (Fsp3) is 0.0923. The van der Waals surface area contributed by atoms with Crippen molar-refractivity contribution in [3.63, 3.8) is 0 Å². The van der Waals surface area contributed by atoms with Crippen molar-refractivity contribution in [1.29, 1.82) is 0 Å². The van der Waals surface area contributed by atoms with Gasteiger partial charge in [0.05, 0.1) is 17.1 Å². The molecule has 19 aromatic carbocycles. The predicted octanol–water partition coefficient (Wildman–Crippen LogP) is 37.1. The lowest BCUT2D eigenvalue weighted by molar-refractivity contribution is 0.663. The molecule has 0 unspecified atom stereocenters. The van der Waals surface area contributed by atoms with Gasteiger partial charge in [0.1, 0.15) is 50.2 Å². The summed E-state index contributed by atoms with van der Waals surface area (Å²) in [6.07, 6.45) is 0. The van der Waals surface area contributed by atoms with Crippen LogP contribution in [0.4, 0.5) is 51.2 Å². The van der Waals surface area contributed by atoms with Gasteiger partial charge in [-0.3, -0.25) is 0 Å². The maximum atomic E-state index is 7.48. The van der Waals surface area contributed by atoms with Gasteiger partial charge in [-0.25, -0.2) is 0 Å². The minimum Gasteiger partial charge on any atom is -0.456 e. The van der Waals surface area contributed by atoms with Gasteiger partial charge in [-0.05, 0) is 257 Å². The smallest absolute Gasteiger partial charge is 0.160 e. The van der Waals surface area contributed by atoms with Gasteiger partial charge in [0.2, 0.25) is 0 Å². The summed E-state index contributed by atoms with van der Waals surface area (Å²) >= 11 is 0. The fourth-order valence-corrected chi connectivity index (χ4v) is 25.2. The summed E-state index contributed by atoms with van der Waals surface area (Å²) in [5, 5.41) is 13.3. The van der Waals surface area contributed by atoms with E-state index in [4.69, 9.17) is 26.5 Å². The lowest BCUT2D eigenvalue weighted by Crippen LogP contribution is -2.21. The molecule has 9 nitrogen and oxygen atoms in total. The molecule has 0 amide bonds. The van der Waals surface area contributed by atoms with Crippen LogP contribution in [0.1, 0.15) is 99.9 Å². The summed E-state index contributed by atoms with van der Waals surface area (Å²) in [5.41, 5.74) is 41.8. The highest BCUT2D eigenvalue weighted by Gasteiger charge is 2.55. The summed E-state index contributed by atoms with van der Waals surface area (Å²) in [4.78, 5) is 7.12. The van der Waals surface area contributed by atoms with Crippen LogP contribution in [-0.4, -0.2) is 0 Å². The molecule has 0 saturated heterocycles. The average Bonchev–Trinajstić information content (AvgIpc) is 1.50. The highest BCUT2D eigenvalue weighted by molar-refractivity contribution is 6.28. The van der Waals surface area contributed by atoms with E-state index in [1.54, 1.807) is 0 Å². The Morgan fingerprint density at radius 3 is 1.09 bits per heavy atom. The van der Waals surface area contributed by atoms with E-state index in [2.05, 4.69) is 464 Å². The SMILES string of the molecule is CC1(C)C2=C(c3c1cc(-c1ccc(N(c4ccc(-c5ccccc5)cc4)c4cccc5c4oc4ccc(-c6cccc(-c7ccc(N(c8ccccc8)c8cccc(N(c9cccc%10c9oc9ccccc9%10)c9cc%10c(c%11c9oc9ccccc9%11)C9=C(c%11ccc%12oc%13ccccc%13c%12c%11C9(C)C)C%10(C)C)c8)cc7)c6)cc45)cc1)c1oc4ccccc4c31)C(C)(C)c1c2ccc2oc3ccccc3c12. The number of anilines is 9. The molecule has 9 heteroatoms. The van der Waals surface area contributed by atoms with Gasteiger partial charge in [-0.15, -0.1) is 0 Å². The number of nitrogens with zero attached hydrogens (tertiary/aromatic N) is 3. The van der Waals surface area contributed by atoms with E-state index in [9.17, 15) is 0 Å². The molecule has 0 saturated carbocycles. The van der Waals surface area contributed by atoms with E-state index >= 15 is 0 Å². The summed E-state index contributed by atoms with van der Waals surface area (Å²) in [7, 11) is 0. The number of rotatable bonds is 13. The first-order valence-corrected chi connectivity index (χ1v) is 48.2. The number of allylic oxidation sites excluding steroid dienone is 4. The van der Waals surface area contributed by atoms with Gasteiger partial charge >= 0.3 is 0 Å². The van der Waals surface area contributed by atoms with E-state index in [-0.39, 0.29) is 10.8 Å². The predicted molar refractivity (Wildman–Crippen MR) is 575 cm³/mol. The Hall–Kier alpha value is -17.1. The Kier molecular flexibility index (Phi) is 16.4. The molecule has 0 N–H and O–H groups in total. The number of benzene rings is 19. The third kappa shape index (κ3) is 11.2. The average molecular weight is 1790 g/mol. The van der Waals surface area contributed by atoms with Crippen molar-refractivity contribution in [3.8, 4) is 44.5 Å². The monoisotopic (exact) mass is 1790 g/mol. The van der Waals surface area contributed by atoms with E-state index < -0.39 is 10.8 Å². The second-order valence-electron chi connectivity index (χ2n) is 40.4. The van der Waals surface area contributed by atoms with Crippen LogP contribution in [0.5, 0.6) is 0 Å². The van der Waals surface area contributed by atoms with Crippen LogP contribution in [0.2, 0.25) is 0 Å². The molecule has 0 spiro atoms. The first kappa shape index (κ1) is 79.3. The van der Waals surface area contributed by atoms with Crippen molar-refractivity contribution in [2.75, 3.05) is 14.7 Å². The number of furan rings is 6. The lowest BCUT2D eigenvalue weighted by atomic mass is 9.73. The maximum Gasteiger partial charge on any atom is 0.160 e. The number of para-hydroxylation sites is 8. The van der Waals surface area contributed by atoms with Gasteiger partial charge < -0.3 is 41.2 Å². The van der Waals surface area contributed by atoms with Gasteiger partial charge in [-0.2, -0.15) is 0 Å². The molecule has 0 fully saturated rings. The summed E-state index contributed by atoms with van der Waals surface area (Å²) in [6.45, 7) is 19.4. The normalized spacial score (nSPS) is 14.8. The van der Waals surface area contributed by atoms with Crippen LogP contribution in [-0.2, 0) is 21.7 Å². The summed E-state index contributed by atoms with van der Waals surface area (Å²) in [6, 6.07) is 143. The highest BCUT2D eigenvalue weighted by atomic mass is 16.4. The lowest BCUT2D eigenvalue weighted by Gasteiger charge is -2.32. The second kappa shape index (κ2) is 28.7. The van der Waals surface area contributed by atoms with Crippen LogP contribution in [0.15, 0.2) is 421 Å². The van der Waals surface area contributed by atoms with Gasteiger partial charge in [0.25, 0.3) is 0 Å². The standard InChI is InChI=1S/C130H89N3O6/c1-127(2)98-72-96(125-113(92-40-18-23-49-106(92)138-125)115(98)121-119(127)94-64-67-109-111(117(94)129(121,5)6)90-38-16-21-47-104(90)134-109)77-55-62-84(63-56-77)132(83-60-51-75(52-61-83)74-29-11-9-12-30-74)100-44-28-43-89-97-70-80(57-66-108(97)137-124(89)100)79-32-25-31-78(69-79)76-53-58-82(59-54-76)131(81-33-13-10-14-34-81)85-35-26-36-86(71-85)133(101-45-27-42-88-87-37-15-20-46-103(87)136-123(88)101)102-73-99-116(114-93-41-19-24-50-107(93)139-126(102)114)122-120(128(99,3)4)95-65-68-110-112(118(95)130(122,7)8)91-39-17-22-48-105(91)135-110/h9-73H,1-8H3. The third-order valence-corrected chi connectivity index (χ3v) is 31.3. The van der Waals surface area contributed by atoms with Gasteiger partial charge in [-0.1, -0.05) is 298 Å². The van der Waals surface area contributed by atoms with Crippen LogP contribution < -0.4 is 14.7 Å². The Balaban J connectivity index is 0.516. The Morgan fingerprint density at radius 2 is 0.532 bits per heavy atom. The first-order valence-electron chi connectivity index (χ1n) is 48.2. The highest BCUT2D eigenvalue weighted by Crippen LogP contribution is 2.70. The number of fused-ring (bicyclic) bond motifs is 30. The molecule has 0 bridgehead atoms. The zero-order chi connectivity index (χ0) is 92.5. The molecule has 4 aliphatic carbocycles. The zero-order valence-electron chi connectivity index (χ0n) is 77.8. The van der Waals surface area contributed by atoms with E-state index in [0.717, 1.165) is 217 Å². The maximum absolute atomic E-state index is 7.48. The molecule has 0 radical (unpaired) electrons. The second-order valence-corrected chi connectivity index (χ2v) is 40.4. The number of hydrogen-bond acceptors (Lipinski definition) is 9. The van der Waals surface area contributed by atoms with Crippen molar-refractivity contribution in [2.24, 2.45) is 0 Å². The Bertz CT molecular complexity index is 9700. The third-order valence-electron chi connectivity index (χ3n) is 31.3. The van der Waals surface area contributed by atoms with Crippen molar-refractivity contribution >= 4 is 205 Å². The van der Waals surface area contributed by atoms with Crippen LogP contribution >= 0.6 is 0 Å². The largest absolute Gasteiger partial charge is 0.456 e. The summed E-state index contributed by atoms with van der Waals surface area (Å²) < 4.78 is 42.2. The molecule has 6 aromatic heterocycles. The fourth-order valence-electron chi connectivity index (χ4n) is 25.2. The molecule has 0 atom stereocenters. The van der Waals surface area contributed by atoms with E-state index in [1.807, 2.05) is 0 Å². The molecule has 660 valence electrons. The van der Waals surface area contributed by atoms with Crippen molar-refractivity contribution in [1.82, 2.24) is 0 Å². The number of hydrogen-bond donors (Lipinski definition) is 0. The zero-order valence-corrected chi connectivity index (χ0v) is 77.8. The minimum atomic E-state index is -0.466. The van der Waals surface area contributed by atoms with Crippen LogP contribution in [0, 0.1) is 0 Å². The van der Waals surface area contributed by atoms with E-state index in [0.29, 0.717) is 0 Å². The molecule has 0 aliphatic heterocycles. The minimum absolute atomic E-state index is 0.361.